The second-order valence-corrected chi connectivity index (χ2v) is 14.6. The van der Waals surface area contributed by atoms with Crippen LogP contribution in [-0.4, -0.2) is 158 Å². The zero-order valence-corrected chi connectivity index (χ0v) is 34.7. The van der Waals surface area contributed by atoms with Crippen LogP contribution in [0.3, 0.4) is 0 Å². The molecular formula is C35H61N15O12. The number of nitrogens with zero attached hydrogens (tertiary/aromatic N) is 3. The van der Waals surface area contributed by atoms with Gasteiger partial charge in [0.25, 0.3) is 0 Å². The molecule has 1 aromatic rings. The van der Waals surface area contributed by atoms with Crippen LogP contribution in [0, 0.1) is 5.92 Å². The van der Waals surface area contributed by atoms with E-state index in [1.165, 1.54) is 19.4 Å². The van der Waals surface area contributed by atoms with Gasteiger partial charge in [-0.2, -0.15) is 0 Å². The highest BCUT2D eigenvalue weighted by atomic mass is 16.4. The first-order valence-electron chi connectivity index (χ1n) is 19.4. The van der Waals surface area contributed by atoms with E-state index >= 15 is 0 Å². The number of nitrogens with two attached hydrogens (primary N) is 5. The Morgan fingerprint density at radius 1 is 0.694 bits per heavy atom. The molecule has 27 heteroatoms. The predicted octanol–water partition coefficient (Wildman–Crippen LogP) is -6.73. The third-order valence-electron chi connectivity index (χ3n) is 8.71. The molecule has 1 aromatic heterocycles. The number of carbonyl (C=O) groups is 8. The molecule has 6 amide bonds. The minimum Gasteiger partial charge on any atom is -0.481 e. The number of nitrogens with one attached hydrogen (secondary N) is 7. The lowest BCUT2D eigenvalue weighted by Crippen LogP contribution is -2.61. The second kappa shape index (κ2) is 27.3. The van der Waals surface area contributed by atoms with Crippen molar-refractivity contribution < 1.29 is 58.8 Å². The van der Waals surface area contributed by atoms with Gasteiger partial charge in [-0.25, -0.2) is 9.78 Å². The van der Waals surface area contributed by atoms with E-state index in [4.69, 9.17) is 28.7 Å². The molecule has 0 saturated heterocycles. The van der Waals surface area contributed by atoms with Gasteiger partial charge < -0.3 is 86.0 Å². The van der Waals surface area contributed by atoms with E-state index in [9.17, 15) is 58.8 Å². The predicted molar refractivity (Wildman–Crippen MR) is 220 cm³/mol. The highest BCUT2D eigenvalue weighted by Gasteiger charge is 2.35. The molecule has 0 aliphatic carbocycles. The van der Waals surface area contributed by atoms with Crippen LogP contribution in [-0.2, 0) is 44.8 Å². The molecule has 62 heavy (non-hydrogen) atoms. The molecule has 1 heterocycles. The summed E-state index contributed by atoms with van der Waals surface area (Å²) in [6.45, 7) is 3.83. The van der Waals surface area contributed by atoms with Gasteiger partial charge in [-0.15, -0.1) is 0 Å². The maximum atomic E-state index is 13.9. The summed E-state index contributed by atoms with van der Waals surface area (Å²) in [4.78, 5) is 118. The van der Waals surface area contributed by atoms with Crippen molar-refractivity contribution in [3.63, 3.8) is 0 Å². The van der Waals surface area contributed by atoms with E-state index in [1.807, 2.05) is 0 Å². The quantitative estimate of drug-likeness (QED) is 0.0202. The third-order valence-corrected chi connectivity index (χ3v) is 8.71. The number of imidazole rings is 1. The molecule has 27 nitrogen and oxygen atoms in total. The number of aliphatic hydroxyl groups excluding tert-OH is 2. The standard InChI is InChI=1S/C35H61N15O12/c1-16(2)10-21(30(58)50-26(17(3)52)32(60)45-20(33(61)62)7-5-9-43-35(39)40)46-28(56)22(11-18-13-41-15-44-18)47-29(57)23(12-25(53)54)48-31(59)24(14-51)49-27(55)19(36)6-4-8-42-34(37)38/h13,15-17,19-24,26,51-52H,4-12,14,36H2,1-3H3,(H,41,44)(H,45,60)(H,46,56)(H,47,57)(H,48,59)(H,49,55)(H,50,58)(H,53,54)(H,61,62)(H4,37,38,42)(H4,39,40,43)/t17-,19+,20+,21+,22+,23+,24+,26+/m1/s1. The number of carbonyl (C=O) groups excluding carboxylic acids is 6. The van der Waals surface area contributed by atoms with Crippen LogP contribution in [0.4, 0.5) is 0 Å². The summed E-state index contributed by atoms with van der Waals surface area (Å²) in [6.07, 6.45) is 0.0699. The molecule has 0 aliphatic heterocycles. The van der Waals surface area contributed by atoms with Crippen molar-refractivity contribution in [3.05, 3.63) is 18.2 Å². The molecule has 0 aromatic carbocycles. The van der Waals surface area contributed by atoms with Gasteiger partial charge in [0.2, 0.25) is 35.4 Å². The van der Waals surface area contributed by atoms with E-state index in [2.05, 4.69) is 51.9 Å². The van der Waals surface area contributed by atoms with Gasteiger partial charge in [0.15, 0.2) is 11.9 Å². The number of hydrogen-bond acceptors (Lipinski definition) is 14. The Balaban J connectivity index is 3.28. The normalized spacial score (nSPS) is 14.8. The summed E-state index contributed by atoms with van der Waals surface area (Å²) in [5.74, 6) is -9.87. The van der Waals surface area contributed by atoms with Crippen molar-refractivity contribution in [1.82, 2.24) is 41.9 Å². The molecule has 0 radical (unpaired) electrons. The molecule has 0 spiro atoms. The molecule has 0 fully saturated rings. The van der Waals surface area contributed by atoms with Crippen LogP contribution in [0.5, 0.6) is 0 Å². The molecule has 1 rings (SSSR count). The minimum absolute atomic E-state index is 0.0507. The van der Waals surface area contributed by atoms with Crippen molar-refractivity contribution in [2.45, 2.75) is 114 Å². The van der Waals surface area contributed by atoms with Crippen LogP contribution in [0.1, 0.15) is 65.0 Å². The topological polar surface area (TPSA) is 473 Å². The number of amides is 6. The molecule has 8 atom stereocenters. The lowest BCUT2D eigenvalue weighted by molar-refractivity contribution is -0.143. The highest BCUT2D eigenvalue weighted by Crippen LogP contribution is 2.10. The van der Waals surface area contributed by atoms with E-state index in [0.29, 0.717) is 12.1 Å². The summed E-state index contributed by atoms with van der Waals surface area (Å²) < 4.78 is 0. The van der Waals surface area contributed by atoms with Gasteiger partial charge in [0.05, 0.1) is 31.5 Å². The number of aromatic amines is 1. The fourth-order valence-electron chi connectivity index (χ4n) is 5.53. The maximum Gasteiger partial charge on any atom is 0.326 e. The summed E-state index contributed by atoms with van der Waals surface area (Å²) >= 11 is 0. The summed E-state index contributed by atoms with van der Waals surface area (Å²) in [6, 6.07) is -10.9. The number of aliphatic hydroxyl groups is 2. The lowest BCUT2D eigenvalue weighted by atomic mass is 10.0. The monoisotopic (exact) mass is 883 g/mol. The SMILES string of the molecule is CC(C)C[C@H](NC(=O)[C@H](Cc1cnc[nH]1)NC(=O)[C@H](CC(=O)O)NC(=O)[C@H](CO)NC(=O)[C@@H](N)CCCN=C(N)N)C(=O)N[C@H](C(=O)N[C@@H](CCCN=C(N)N)C(=O)O)[C@@H](C)O. The minimum atomic E-state index is -1.88. The number of guanidine groups is 2. The van der Waals surface area contributed by atoms with Crippen LogP contribution in [0.25, 0.3) is 0 Å². The highest BCUT2D eigenvalue weighted by molar-refractivity contribution is 5.98. The van der Waals surface area contributed by atoms with Crippen LogP contribution in [0.2, 0.25) is 0 Å². The van der Waals surface area contributed by atoms with Gasteiger partial charge >= 0.3 is 11.9 Å². The Kier molecular flexibility index (Phi) is 23.5. The molecule has 0 saturated carbocycles. The molecule has 21 N–H and O–H groups in total. The van der Waals surface area contributed by atoms with Crippen molar-refractivity contribution >= 4 is 59.3 Å². The molecule has 0 bridgehead atoms. The van der Waals surface area contributed by atoms with E-state index in [1.54, 1.807) is 13.8 Å². The smallest absolute Gasteiger partial charge is 0.326 e. The number of aromatic nitrogens is 2. The molecule has 0 aliphatic rings. The number of aliphatic carboxylic acids is 2. The number of hydrogen-bond donors (Lipinski definition) is 16. The van der Waals surface area contributed by atoms with E-state index in [-0.39, 0.29) is 63.0 Å². The van der Waals surface area contributed by atoms with Crippen molar-refractivity contribution in [2.75, 3.05) is 19.7 Å². The first-order chi connectivity index (χ1) is 29.0. The number of rotatable bonds is 29. The van der Waals surface area contributed by atoms with E-state index in [0.717, 1.165) is 0 Å². The Morgan fingerprint density at radius 3 is 1.69 bits per heavy atom. The van der Waals surface area contributed by atoms with Crippen LogP contribution >= 0.6 is 0 Å². The van der Waals surface area contributed by atoms with Gasteiger partial charge in [-0.05, 0) is 44.9 Å². The average Bonchev–Trinajstić information content (AvgIpc) is 3.69. The van der Waals surface area contributed by atoms with Crippen molar-refractivity contribution in [3.8, 4) is 0 Å². The number of aliphatic imine (C=N–C) groups is 2. The van der Waals surface area contributed by atoms with Gasteiger partial charge in [-0.1, -0.05) is 13.8 Å². The van der Waals surface area contributed by atoms with Gasteiger partial charge in [-0.3, -0.25) is 43.5 Å². The fraction of sp³-hybridized carbons (Fsp3) is 0.629. The second-order valence-electron chi connectivity index (χ2n) is 14.6. The summed E-state index contributed by atoms with van der Waals surface area (Å²) in [5, 5.41) is 53.4. The number of H-pyrrole nitrogens is 1. The van der Waals surface area contributed by atoms with Crippen molar-refractivity contribution in [2.24, 2.45) is 44.6 Å². The summed E-state index contributed by atoms with van der Waals surface area (Å²) in [5.41, 5.74) is 27.3. The third kappa shape index (κ3) is 20.6. The fourth-order valence-corrected chi connectivity index (χ4v) is 5.53. The van der Waals surface area contributed by atoms with Gasteiger partial charge in [0, 0.05) is 31.4 Å². The van der Waals surface area contributed by atoms with Gasteiger partial charge in [0.1, 0.15) is 36.3 Å². The van der Waals surface area contributed by atoms with Crippen molar-refractivity contribution in [1.29, 1.82) is 0 Å². The zero-order chi connectivity index (χ0) is 47.1. The Labute approximate surface area is 356 Å². The lowest BCUT2D eigenvalue weighted by Gasteiger charge is -2.28. The summed E-state index contributed by atoms with van der Waals surface area (Å²) in [7, 11) is 0. The molecular weight excluding hydrogens is 822 g/mol. The molecule has 348 valence electrons. The molecule has 0 unspecified atom stereocenters. The average molecular weight is 884 g/mol. The first-order valence-corrected chi connectivity index (χ1v) is 19.4. The first kappa shape index (κ1) is 53.4. The number of carboxylic acids is 2. The Bertz CT molecular complexity index is 1720. The maximum absolute atomic E-state index is 13.9. The van der Waals surface area contributed by atoms with Crippen LogP contribution < -0.4 is 60.6 Å². The van der Waals surface area contributed by atoms with E-state index < -0.39 is 109 Å². The Morgan fingerprint density at radius 2 is 1.19 bits per heavy atom. The number of carboxylic acid groups (broad SMARTS) is 2. The zero-order valence-electron chi connectivity index (χ0n) is 34.7. The Hall–Kier alpha value is -6.61. The van der Waals surface area contributed by atoms with Crippen LogP contribution in [0.15, 0.2) is 22.5 Å². The largest absolute Gasteiger partial charge is 0.481 e.